The molecule has 1 rings (SSSR count). The number of ether oxygens (including phenoxy) is 1. The van der Waals surface area contributed by atoms with Gasteiger partial charge in [0.05, 0.1) is 12.2 Å². The second-order valence-electron chi connectivity index (χ2n) is 4.58. The highest BCUT2D eigenvalue weighted by Crippen LogP contribution is 2.23. The van der Waals surface area contributed by atoms with E-state index in [0.717, 1.165) is 12.1 Å². The molecule has 118 valence electrons. The Morgan fingerprint density at radius 2 is 2.14 bits per heavy atom. The van der Waals surface area contributed by atoms with Crippen LogP contribution in [-0.4, -0.2) is 34.6 Å². The number of nitrogens with two attached hydrogens (primary N) is 1. The van der Waals surface area contributed by atoms with E-state index in [0.29, 0.717) is 6.61 Å². The zero-order valence-electron chi connectivity index (χ0n) is 11.5. The summed E-state index contributed by atoms with van der Waals surface area (Å²) in [6, 6.07) is 1.90. The maximum Gasteiger partial charge on any atom is 0.254 e. The van der Waals surface area contributed by atoms with Crippen molar-refractivity contribution in [3.05, 3.63) is 28.5 Å². The summed E-state index contributed by atoms with van der Waals surface area (Å²) in [5.74, 6) is -1.99. The van der Waals surface area contributed by atoms with Crippen molar-refractivity contribution in [2.75, 3.05) is 20.3 Å². The lowest BCUT2D eigenvalue weighted by atomic mass is 10.1. The lowest BCUT2D eigenvalue weighted by Gasteiger charge is -2.13. The Bertz CT molecular complexity index is 636. The summed E-state index contributed by atoms with van der Waals surface area (Å²) in [5, 5.41) is 7.26. The summed E-state index contributed by atoms with van der Waals surface area (Å²) < 4.78 is 41.5. The minimum Gasteiger partial charge on any atom is -0.384 e. The molecule has 3 N–H and O–H groups in total. The van der Waals surface area contributed by atoms with Crippen molar-refractivity contribution in [2.24, 2.45) is 11.1 Å². The summed E-state index contributed by atoms with van der Waals surface area (Å²) in [5.41, 5.74) is -0.476. The first kappa shape index (κ1) is 17.8. The van der Waals surface area contributed by atoms with E-state index in [1.54, 1.807) is 0 Å². The molecule has 1 aromatic rings. The van der Waals surface area contributed by atoms with Crippen molar-refractivity contribution in [1.82, 2.24) is 5.32 Å². The Kier molecular flexibility index (Phi) is 6.09. The molecule has 1 amide bonds. The van der Waals surface area contributed by atoms with Gasteiger partial charge in [-0.2, -0.15) is 0 Å². The minimum atomic E-state index is -4.31. The van der Waals surface area contributed by atoms with Crippen molar-refractivity contribution in [3.8, 4) is 0 Å². The van der Waals surface area contributed by atoms with E-state index in [1.165, 1.54) is 7.11 Å². The van der Waals surface area contributed by atoms with E-state index in [1.807, 2.05) is 6.92 Å². The number of carbonyl (C=O) groups is 1. The molecule has 0 saturated carbocycles. The van der Waals surface area contributed by atoms with Crippen LogP contribution in [0, 0.1) is 11.7 Å². The largest absolute Gasteiger partial charge is 0.384 e. The van der Waals surface area contributed by atoms with Gasteiger partial charge in [0, 0.05) is 18.7 Å². The van der Waals surface area contributed by atoms with E-state index in [2.05, 4.69) is 5.32 Å². The van der Waals surface area contributed by atoms with E-state index in [9.17, 15) is 17.6 Å². The Morgan fingerprint density at radius 1 is 1.52 bits per heavy atom. The molecule has 1 unspecified atom stereocenters. The third kappa shape index (κ3) is 4.92. The molecule has 0 heterocycles. The Hall–Kier alpha value is -1.22. The van der Waals surface area contributed by atoms with Gasteiger partial charge in [-0.15, -0.1) is 0 Å². The molecular formula is C12H16ClFN2O4S. The first-order valence-corrected chi connectivity index (χ1v) is 7.88. The smallest absolute Gasteiger partial charge is 0.254 e. The van der Waals surface area contributed by atoms with Gasteiger partial charge in [-0.1, -0.05) is 18.5 Å². The number of carbonyl (C=O) groups excluding carboxylic acids is 1. The maximum absolute atomic E-state index is 14.1. The van der Waals surface area contributed by atoms with E-state index >= 15 is 0 Å². The lowest BCUT2D eigenvalue weighted by molar-refractivity contribution is 0.0929. The lowest BCUT2D eigenvalue weighted by Crippen LogP contribution is -2.31. The molecule has 0 aliphatic heterocycles. The predicted molar refractivity (Wildman–Crippen MR) is 76.2 cm³/mol. The van der Waals surface area contributed by atoms with Crippen LogP contribution in [0.3, 0.4) is 0 Å². The first-order valence-electron chi connectivity index (χ1n) is 5.95. The summed E-state index contributed by atoms with van der Waals surface area (Å²) in [7, 11) is -2.79. The zero-order valence-corrected chi connectivity index (χ0v) is 13.1. The molecule has 0 saturated heterocycles. The van der Waals surface area contributed by atoms with Crippen molar-refractivity contribution in [3.63, 3.8) is 0 Å². The van der Waals surface area contributed by atoms with Crippen LogP contribution in [0.5, 0.6) is 0 Å². The summed E-state index contributed by atoms with van der Waals surface area (Å²) in [4.78, 5) is 11.1. The third-order valence-electron chi connectivity index (χ3n) is 2.62. The van der Waals surface area contributed by atoms with Crippen LogP contribution >= 0.6 is 11.6 Å². The Morgan fingerprint density at radius 3 is 2.67 bits per heavy atom. The molecule has 0 aromatic heterocycles. The van der Waals surface area contributed by atoms with E-state index < -0.39 is 32.2 Å². The first-order chi connectivity index (χ1) is 9.66. The molecule has 9 heteroatoms. The fourth-order valence-corrected chi connectivity index (χ4v) is 2.58. The average molecular weight is 339 g/mol. The number of methoxy groups -OCH3 is 1. The molecule has 0 spiro atoms. The van der Waals surface area contributed by atoms with Crippen LogP contribution in [0.2, 0.25) is 5.02 Å². The van der Waals surface area contributed by atoms with Gasteiger partial charge in [0.1, 0.15) is 4.90 Å². The quantitative estimate of drug-likeness (QED) is 0.812. The molecular weight excluding hydrogens is 323 g/mol. The number of hydrogen-bond donors (Lipinski definition) is 2. The number of rotatable bonds is 6. The number of benzene rings is 1. The minimum absolute atomic E-state index is 0.0129. The number of primary sulfonamides is 1. The summed E-state index contributed by atoms with van der Waals surface area (Å²) >= 11 is 5.70. The summed E-state index contributed by atoms with van der Waals surface area (Å²) in [6.45, 7) is 2.48. The van der Waals surface area contributed by atoms with Crippen LogP contribution in [0.4, 0.5) is 4.39 Å². The number of amides is 1. The SMILES string of the molecule is COCC(C)CNC(=O)c1cc(Cl)cc(S(N)(=O)=O)c1F. The molecule has 21 heavy (non-hydrogen) atoms. The zero-order chi connectivity index (χ0) is 16.2. The monoisotopic (exact) mass is 338 g/mol. The summed E-state index contributed by atoms with van der Waals surface area (Å²) in [6.07, 6.45) is 0. The highest BCUT2D eigenvalue weighted by atomic mass is 35.5. The maximum atomic E-state index is 14.1. The second-order valence-corrected chi connectivity index (χ2v) is 6.55. The normalized spacial score (nSPS) is 13.0. The van der Waals surface area contributed by atoms with Crippen molar-refractivity contribution in [1.29, 1.82) is 0 Å². The number of hydrogen-bond acceptors (Lipinski definition) is 4. The highest BCUT2D eigenvalue weighted by molar-refractivity contribution is 7.89. The molecule has 6 nitrogen and oxygen atoms in total. The van der Waals surface area contributed by atoms with Gasteiger partial charge in [0.2, 0.25) is 10.0 Å². The van der Waals surface area contributed by atoms with Gasteiger partial charge in [0.25, 0.3) is 5.91 Å². The molecule has 0 fully saturated rings. The standard InChI is InChI=1S/C12H16ClFN2O4S/c1-7(6-20-2)5-16-12(17)9-3-8(13)4-10(11(9)14)21(15,18)19/h3-4,7H,5-6H2,1-2H3,(H,16,17)(H2,15,18,19). The third-order valence-corrected chi connectivity index (χ3v) is 3.75. The molecule has 0 bridgehead atoms. The van der Waals surface area contributed by atoms with Gasteiger partial charge in [-0.25, -0.2) is 17.9 Å². The second kappa shape index (κ2) is 7.17. The molecule has 0 radical (unpaired) electrons. The molecule has 0 aliphatic carbocycles. The Balaban J connectivity index is 3.03. The van der Waals surface area contributed by atoms with Crippen molar-refractivity contribution >= 4 is 27.5 Å². The number of nitrogens with one attached hydrogen (secondary N) is 1. The van der Waals surface area contributed by atoms with Gasteiger partial charge in [-0.3, -0.25) is 4.79 Å². The van der Waals surface area contributed by atoms with Gasteiger partial charge < -0.3 is 10.1 Å². The van der Waals surface area contributed by atoms with Crippen LogP contribution in [-0.2, 0) is 14.8 Å². The topological polar surface area (TPSA) is 98.5 Å². The van der Waals surface area contributed by atoms with Crippen molar-refractivity contribution in [2.45, 2.75) is 11.8 Å². The fraction of sp³-hybridized carbons (Fsp3) is 0.417. The Labute approximate surface area is 127 Å². The van der Waals surface area contributed by atoms with Crippen LogP contribution in [0.25, 0.3) is 0 Å². The van der Waals surface area contributed by atoms with Crippen molar-refractivity contribution < 1.29 is 22.3 Å². The van der Waals surface area contributed by atoms with Crippen LogP contribution in [0.15, 0.2) is 17.0 Å². The highest BCUT2D eigenvalue weighted by Gasteiger charge is 2.22. The molecule has 1 aromatic carbocycles. The average Bonchev–Trinajstić information content (AvgIpc) is 2.37. The number of halogens is 2. The molecule has 1 atom stereocenters. The van der Waals surface area contributed by atoms with Crippen LogP contribution in [0.1, 0.15) is 17.3 Å². The van der Waals surface area contributed by atoms with E-state index in [-0.39, 0.29) is 17.5 Å². The van der Waals surface area contributed by atoms with Gasteiger partial charge in [-0.05, 0) is 18.1 Å². The van der Waals surface area contributed by atoms with Crippen LogP contribution < -0.4 is 10.5 Å². The number of sulfonamides is 1. The van der Waals surface area contributed by atoms with Gasteiger partial charge in [0.15, 0.2) is 5.82 Å². The molecule has 0 aliphatic rings. The fourth-order valence-electron chi connectivity index (χ4n) is 1.64. The van der Waals surface area contributed by atoms with Gasteiger partial charge >= 0.3 is 0 Å². The predicted octanol–water partition coefficient (Wildman–Crippen LogP) is 1.14. The van der Waals surface area contributed by atoms with E-state index in [4.69, 9.17) is 21.5 Å².